The van der Waals surface area contributed by atoms with Crippen LogP contribution in [0, 0.1) is 11.2 Å². The lowest BCUT2D eigenvalue weighted by Crippen LogP contribution is -2.18. The van der Waals surface area contributed by atoms with Crippen LogP contribution in [0.4, 0.5) is 15.9 Å². The molecule has 0 aliphatic rings. The molecule has 0 fully saturated rings. The highest BCUT2D eigenvalue weighted by molar-refractivity contribution is 8.00. The summed E-state index contributed by atoms with van der Waals surface area (Å²) in [7, 11) is 3.91. The number of nitrogens with zero attached hydrogens (tertiary/aromatic N) is 3. The first kappa shape index (κ1) is 22.0. The smallest absolute Gasteiger partial charge is 0.161 e. The maximum absolute atomic E-state index is 13.8. The van der Waals surface area contributed by atoms with E-state index in [9.17, 15) is 4.39 Å². The van der Waals surface area contributed by atoms with Crippen molar-refractivity contribution in [3.05, 3.63) is 65.1 Å². The van der Waals surface area contributed by atoms with Crippen LogP contribution in [0.3, 0.4) is 0 Å². The Morgan fingerprint density at radius 3 is 2.63 bits per heavy atom. The molecule has 2 aromatic carbocycles. The molecule has 0 aliphatic heterocycles. The Hall–Kier alpha value is -2.68. The molecule has 3 rings (SSSR count). The van der Waals surface area contributed by atoms with Crippen LogP contribution in [0.2, 0.25) is 5.02 Å². The van der Waals surface area contributed by atoms with Gasteiger partial charge in [-0.25, -0.2) is 14.4 Å². The van der Waals surface area contributed by atoms with Gasteiger partial charge in [-0.3, -0.25) is 0 Å². The van der Waals surface area contributed by atoms with Crippen molar-refractivity contribution < 1.29 is 4.39 Å². The zero-order valence-corrected chi connectivity index (χ0v) is 18.2. The fourth-order valence-corrected chi connectivity index (χ4v) is 3.55. The number of anilines is 2. The van der Waals surface area contributed by atoms with E-state index in [2.05, 4.69) is 14.7 Å². The fourth-order valence-electron chi connectivity index (χ4n) is 2.59. The lowest BCUT2D eigenvalue weighted by Gasteiger charge is -2.12. The van der Waals surface area contributed by atoms with Crippen molar-refractivity contribution in [3.63, 3.8) is 0 Å². The first-order chi connectivity index (χ1) is 14.3. The van der Waals surface area contributed by atoms with Crippen molar-refractivity contribution >= 4 is 40.8 Å². The first-order valence-corrected chi connectivity index (χ1v) is 10.4. The number of nitrogen functional groups attached to an aromatic ring is 1. The minimum Gasteiger partial charge on any atom is -0.383 e. The predicted octanol–water partition coefficient (Wildman–Crippen LogP) is 4.96. The molecule has 30 heavy (non-hydrogen) atoms. The molecule has 0 bridgehead atoms. The van der Waals surface area contributed by atoms with Gasteiger partial charge in [0.2, 0.25) is 0 Å². The van der Waals surface area contributed by atoms with Gasteiger partial charge in [0.05, 0.1) is 10.5 Å². The molecule has 0 amide bonds. The van der Waals surface area contributed by atoms with Crippen LogP contribution < -0.4 is 10.5 Å². The second-order valence-electron chi connectivity index (χ2n) is 6.88. The number of nitrogens with two attached hydrogens (primary N) is 1. The van der Waals surface area contributed by atoms with Crippen molar-refractivity contribution in [2.45, 2.75) is 11.3 Å². The van der Waals surface area contributed by atoms with Crippen LogP contribution in [-0.4, -0.2) is 41.2 Å². The average molecular weight is 445 g/mol. The number of hydrogen-bond acceptors (Lipinski definition) is 7. The largest absolute Gasteiger partial charge is 0.383 e. The summed E-state index contributed by atoms with van der Waals surface area (Å²) < 4.78 is 16.9. The summed E-state index contributed by atoms with van der Waals surface area (Å²) in [6.45, 7) is 0.756. The van der Waals surface area contributed by atoms with E-state index in [4.69, 9.17) is 22.7 Å². The van der Waals surface area contributed by atoms with Crippen LogP contribution in [0.15, 0.2) is 53.6 Å². The Kier molecular flexibility index (Phi) is 7.25. The molecule has 1 aromatic heterocycles. The molecule has 3 aromatic rings. The van der Waals surface area contributed by atoms with Crippen molar-refractivity contribution in [3.8, 4) is 11.4 Å². The van der Waals surface area contributed by atoms with Gasteiger partial charge in [0.25, 0.3) is 0 Å². The minimum atomic E-state index is -0.339. The van der Waals surface area contributed by atoms with Gasteiger partial charge in [-0.15, -0.1) is 0 Å². The number of hydrogen-bond donors (Lipinski definition) is 3. The van der Waals surface area contributed by atoms with Gasteiger partial charge in [0.1, 0.15) is 11.6 Å². The standard InChI is InChI=1S/C21H22ClFN6S/c1-29(2)10-9-18(24)16-12-26-21(27-20(16)25)13-3-6-15(7-4-13)28-30-19-11-14(22)5-8-17(19)23/h3-8,11-12,24,28H,9-10H2,1-2H3,(H2,25,26,27). The monoisotopic (exact) mass is 444 g/mol. The second kappa shape index (κ2) is 9.88. The van der Waals surface area contributed by atoms with Gasteiger partial charge >= 0.3 is 0 Å². The van der Waals surface area contributed by atoms with E-state index >= 15 is 0 Å². The van der Waals surface area contributed by atoms with Gasteiger partial charge in [-0.1, -0.05) is 11.6 Å². The molecular weight excluding hydrogens is 423 g/mol. The first-order valence-electron chi connectivity index (χ1n) is 9.17. The highest BCUT2D eigenvalue weighted by Gasteiger charge is 2.11. The maximum atomic E-state index is 13.8. The summed E-state index contributed by atoms with van der Waals surface area (Å²) in [5.41, 5.74) is 8.62. The summed E-state index contributed by atoms with van der Waals surface area (Å²) >= 11 is 7.06. The predicted molar refractivity (Wildman–Crippen MR) is 123 cm³/mol. The number of halogens is 2. The van der Waals surface area contributed by atoms with Gasteiger partial charge in [-0.05, 0) is 68.5 Å². The Bertz CT molecular complexity index is 1040. The van der Waals surface area contributed by atoms with Gasteiger partial charge < -0.3 is 20.8 Å². The van der Waals surface area contributed by atoms with Gasteiger partial charge in [0, 0.05) is 41.1 Å². The Labute approximate surface area is 184 Å². The van der Waals surface area contributed by atoms with Crippen LogP contribution in [0.1, 0.15) is 12.0 Å². The number of benzene rings is 2. The molecule has 4 N–H and O–H groups in total. The quantitative estimate of drug-likeness (QED) is 0.336. The number of rotatable bonds is 8. The maximum Gasteiger partial charge on any atom is 0.161 e. The molecule has 0 spiro atoms. The Balaban J connectivity index is 1.67. The molecule has 0 saturated heterocycles. The van der Waals surface area contributed by atoms with Gasteiger partial charge in [0.15, 0.2) is 5.82 Å². The van der Waals surface area contributed by atoms with Crippen molar-refractivity contribution in [2.24, 2.45) is 0 Å². The van der Waals surface area contributed by atoms with Gasteiger partial charge in [-0.2, -0.15) is 0 Å². The van der Waals surface area contributed by atoms with Crippen molar-refractivity contribution in [2.75, 3.05) is 31.1 Å². The molecule has 0 unspecified atom stereocenters. The second-order valence-corrected chi connectivity index (χ2v) is 8.17. The molecule has 156 valence electrons. The van der Waals surface area contributed by atoms with Crippen molar-refractivity contribution in [1.82, 2.24) is 14.9 Å². The summed E-state index contributed by atoms with van der Waals surface area (Å²) in [5, 5.41) is 8.66. The highest BCUT2D eigenvalue weighted by atomic mass is 35.5. The normalized spacial score (nSPS) is 11.0. The molecule has 6 nitrogen and oxygen atoms in total. The third kappa shape index (κ3) is 5.69. The fraction of sp³-hybridized carbons (Fsp3) is 0.190. The summed E-state index contributed by atoms with van der Waals surface area (Å²) in [5.74, 6) is 0.434. The third-order valence-corrected chi connectivity index (χ3v) is 5.37. The molecule has 0 saturated carbocycles. The Morgan fingerprint density at radius 2 is 1.97 bits per heavy atom. The van der Waals surface area contributed by atoms with Crippen molar-refractivity contribution in [1.29, 1.82) is 5.41 Å². The van der Waals surface area contributed by atoms with Crippen LogP contribution in [-0.2, 0) is 0 Å². The average Bonchev–Trinajstić information content (AvgIpc) is 2.73. The van der Waals surface area contributed by atoms with E-state index in [-0.39, 0.29) is 11.6 Å². The van der Waals surface area contributed by atoms with E-state index in [1.165, 1.54) is 12.1 Å². The summed E-state index contributed by atoms with van der Waals surface area (Å²) in [4.78, 5) is 11.1. The SMILES string of the molecule is CN(C)CCC(=N)c1cnc(-c2ccc(NSc3cc(Cl)ccc3F)cc2)nc1N. The number of nitrogens with one attached hydrogen (secondary N) is 2. The molecule has 9 heteroatoms. The van der Waals surface area contributed by atoms with Crippen LogP contribution in [0.5, 0.6) is 0 Å². The van der Waals surface area contributed by atoms with Crippen LogP contribution >= 0.6 is 23.5 Å². The molecule has 0 atom stereocenters. The zero-order valence-electron chi connectivity index (χ0n) is 16.6. The third-order valence-electron chi connectivity index (χ3n) is 4.27. The lowest BCUT2D eigenvalue weighted by atomic mass is 10.1. The van der Waals surface area contributed by atoms with E-state index in [1.807, 2.05) is 43.3 Å². The minimum absolute atomic E-state index is 0.290. The van der Waals surface area contributed by atoms with E-state index in [0.29, 0.717) is 33.4 Å². The summed E-state index contributed by atoms with van der Waals surface area (Å²) in [6.07, 6.45) is 2.17. The molecule has 0 aliphatic carbocycles. The highest BCUT2D eigenvalue weighted by Crippen LogP contribution is 2.28. The molecule has 1 heterocycles. The van der Waals surface area contributed by atoms with Crippen LogP contribution in [0.25, 0.3) is 11.4 Å². The molecule has 0 radical (unpaired) electrons. The zero-order chi connectivity index (χ0) is 21.7. The summed E-state index contributed by atoms with van der Waals surface area (Å²) in [6, 6.07) is 11.8. The van der Waals surface area contributed by atoms with E-state index in [1.54, 1.807) is 12.3 Å². The topological polar surface area (TPSA) is 90.9 Å². The molecular formula is C21H22ClFN6S. The van der Waals surface area contributed by atoms with E-state index < -0.39 is 0 Å². The number of aromatic nitrogens is 2. The lowest BCUT2D eigenvalue weighted by molar-refractivity contribution is 0.421. The van der Waals surface area contributed by atoms with E-state index in [0.717, 1.165) is 29.7 Å². The Morgan fingerprint density at radius 1 is 1.23 bits per heavy atom.